The first kappa shape index (κ1) is 22.4. The second-order valence-electron chi connectivity index (χ2n) is 8.16. The molecule has 4 rings (SSSR count). The molecule has 7 heteroatoms. The summed E-state index contributed by atoms with van der Waals surface area (Å²) in [4.78, 5) is 17.5. The van der Waals surface area contributed by atoms with Crippen molar-refractivity contribution in [2.45, 2.75) is 27.0 Å². The second-order valence-corrected chi connectivity index (χ2v) is 9.07. The zero-order valence-electron chi connectivity index (χ0n) is 18.2. The van der Waals surface area contributed by atoms with Crippen LogP contribution in [0.4, 0.5) is 8.78 Å². The van der Waals surface area contributed by atoms with Crippen LogP contribution >= 0.6 is 11.3 Å². The molecule has 1 aliphatic heterocycles. The van der Waals surface area contributed by atoms with E-state index in [1.165, 1.54) is 17.4 Å². The molecular formula is C25H26F2N2O2S. The molecule has 0 unspecified atom stereocenters. The minimum Gasteiger partial charge on any atom is -0.489 e. The molecule has 0 aliphatic carbocycles. The van der Waals surface area contributed by atoms with Gasteiger partial charge in [-0.3, -0.25) is 9.69 Å². The molecule has 0 radical (unpaired) electrons. The minimum absolute atomic E-state index is 0.00423. The minimum atomic E-state index is -0.827. The number of rotatable bonds is 6. The second kappa shape index (κ2) is 9.79. The smallest absolute Gasteiger partial charge is 0.264 e. The maximum absolute atomic E-state index is 13.9. The van der Waals surface area contributed by atoms with Crippen molar-refractivity contribution in [3.63, 3.8) is 0 Å². The van der Waals surface area contributed by atoms with Crippen LogP contribution in [0.3, 0.4) is 0 Å². The van der Waals surface area contributed by atoms with Gasteiger partial charge in [-0.1, -0.05) is 24.3 Å². The Kier molecular flexibility index (Phi) is 6.86. The van der Waals surface area contributed by atoms with Crippen molar-refractivity contribution in [2.75, 3.05) is 26.2 Å². The predicted molar refractivity (Wildman–Crippen MR) is 122 cm³/mol. The summed E-state index contributed by atoms with van der Waals surface area (Å²) in [5.74, 6) is -0.758. The molecule has 168 valence electrons. The summed E-state index contributed by atoms with van der Waals surface area (Å²) < 4.78 is 33.3. The summed E-state index contributed by atoms with van der Waals surface area (Å²) in [7, 11) is 0. The molecule has 2 heterocycles. The van der Waals surface area contributed by atoms with Crippen LogP contribution in [0.1, 0.15) is 31.9 Å². The fourth-order valence-electron chi connectivity index (χ4n) is 3.76. The van der Waals surface area contributed by atoms with E-state index in [0.717, 1.165) is 28.5 Å². The Balaban J connectivity index is 1.30. The number of carbonyl (C=O) groups is 1. The highest BCUT2D eigenvalue weighted by atomic mass is 32.1. The number of hydrogen-bond donors (Lipinski definition) is 0. The first-order valence-corrected chi connectivity index (χ1v) is 11.5. The summed E-state index contributed by atoms with van der Waals surface area (Å²) in [6, 6.07) is 12.2. The molecule has 1 aliphatic rings. The lowest BCUT2D eigenvalue weighted by atomic mass is 10.1. The van der Waals surface area contributed by atoms with E-state index in [-0.39, 0.29) is 5.91 Å². The van der Waals surface area contributed by atoms with Gasteiger partial charge in [-0.15, -0.1) is 11.3 Å². The van der Waals surface area contributed by atoms with Gasteiger partial charge in [0, 0.05) is 43.9 Å². The number of amides is 1. The van der Waals surface area contributed by atoms with Crippen LogP contribution in [0.25, 0.3) is 0 Å². The van der Waals surface area contributed by atoms with Crippen molar-refractivity contribution >= 4 is 17.2 Å². The Hall–Kier alpha value is -2.77. The molecule has 1 amide bonds. The molecule has 0 saturated carbocycles. The van der Waals surface area contributed by atoms with Crippen molar-refractivity contribution in [3.05, 3.63) is 86.6 Å². The largest absolute Gasteiger partial charge is 0.489 e. The Morgan fingerprint density at radius 1 is 1.06 bits per heavy atom. The predicted octanol–water partition coefficient (Wildman–Crippen LogP) is 5.18. The number of aryl methyl sites for hydroxylation is 2. The normalized spacial score (nSPS) is 14.6. The molecule has 2 aromatic carbocycles. The van der Waals surface area contributed by atoms with Crippen LogP contribution < -0.4 is 4.74 Å². The number of nitrogens with zero attached hydrogens (tertiary/aromatic N) is 2. The number of halogens is 2. The molecular weight excluding hydrogens is 430 g/mol. The molecule has 0 N–H and O–H groups in total. The van der Waals surface area contributed by atoms with Gasteiger partial charge in [-0.2, -0.15) is 0 Å². The van der Waals surface area contributed by atoms with Crippen LogP contribution in [-0.4, -0.2) is 41.9 Å². The summed E-state index contributed by atoms with van der Waals surface area (Å²) in [6.07, 6.45) is 0. The van der Waals surface area contributed by atoms with Crippen LogP contribution in [0.5, 0.6) is 5.75 Å². The monoisotopic (exact) mass is 456 g/mol. The Morgan fingerprint density at radius 2 is 1.84 bits per heavy atom. The van der Waals surface area contributed by atoms with Gasteiger partial charge in [-0.05, 0) is 48.6 Å². The van der Waals surface area contributed by atoms with Gasteiger partial charge in [0.05, 0.1) is 4.88 Å². The first-order chi connectivity index (χ1) is 15.4. The molecule has 1 saturated heterocycles. The lowest BCUT2D eigenvalue weighted by molar-refractivity contribution is 0.0631. The number of thiophene rings is 1. The molecule has 1 aromatic heterocycles. The Bertz CT molecular complexity index is 1110. The number of piperazine rings is 1. The quantitative estimate of drug-likeness (QED) is 0.512. The van der Waals surface area contributed by atoms with Gasteiger partial charge >= 0.3 is 0 Å². The molecule has 0 bridgehead atoms. The Morgan fingerprint density at radius 3 is 2.62 bits per heavy atom. The van der Waals surface area contributed by atoms with Crippen molar-refractivity contribution < 1.29 is 18.3 Å². The van der Waals surface area contributed by atoms with Crippen LogP contribution in [0.2, 0.25) is 0 Å². The number of carbonyl (C=O) groups excluding carboxylic acids is 1. The summed E-state index contributed by atoms with van der Waals surface area (Å²) >= 11 is 1.42. The van der Waals surface area contributed by atoms with Crippen LogP contribution in [0, 0.1) is 25.5 Å². The summed E-state index contributed by atoms with van der Waals surface area (Å²) in [6.45, 7) is 7.16. The van der Waals surface area contributed by atoms with E-state index in [1.807, 2.05) is 47.2 Å². The van der Waals surface area contributed by atoms with E-state index in [1.54, 1.807) is 6.07 Å². The molecule has 4 nitrogen and oxygen atoms in total. The van der Waals surface area contributed by atoms with E-state index >= 15 is 0 Å². The Labute approximate surface area is 191 Å². The lowest BCUT2D eigenvalue weighted by Crippen LogP contribution is -2.48. The summed E-state index contributed by atoms with van der Waals surface area (Å²) in [5, 5.41) is 1.96. The van der Waals surface area contributed by atoms with Gasteiger partial charge < -0.3 is 9.64 Å². The highest BCUT2D eigenvalue weighted by molar-refractivity contribution is 7.12. The first-order valence-electron chi connectivity index (χ1n) is 10.6. The van der Waals surface area contributed by atoms with Gasteiger partial charge in [0.15, 0.2) is 11.6 Å². The standard InChI is InChI=1S/C25H26F2N2O2S/c1-17-6-7-18(2)22(12-17)31-15-19-13-23(32-16-19)25(30)29-10-8-28(9-11-29)14-20-4-3-5-21(26)24(20)27/h3-7,12-13,16H,8-11,14-15H2,1-2H3. The topological polar surface area (TPSA) is 32.8 Å². The van der Waals surface area contributed by atoms with E-state index in [0.29, 0.717) is 49.8 Å². The van der Waals surface area contributed by atoms with Gasteiger partial charge in [0.25, 0.3) is 5.91 Å². The molecule has 0 spiro atoms. The average Bonchev–Trinajstić information content (AvgIpc) is 3.27. The average molecular weight is 457 g/mol. The van der Waals surface area contributed by atoms with Crippen LogP contribution in [-0.2, 0) is 13.2 Å². The third kappa shape index (κ3) is 5.16. The highest BCUT2D eigenvalue weighted by Crippen LogP contribution is 2.23. The molecule has 1 fully saturated rings. The zero-order valence-corrected chi connectivity index (χ0v) is 19.1. The highest BCUT2D eigenvalue weighted by Gasteiger charge is 2.24. The maximum Gasteiger partial charge on any atom is 0.264 e. The zero-order chi connectivity index (χ0) is 22.7. The molecule has 32 heavy (non-hydrogen) atoms. The molecule has 0 atom stereocenters. The van der Waals surface area contributed by atoms with E-state index in [4.69, 9.17) is 4.74 Å². The fourth-order valence-corrected chi connectivity index (χ4v) is 4.63. The van der Waals surface area contributed by atoms with E-state index in [2.05, 4.69) is 6.07 Å². The van der Waals surface area contributed by atoms with E-state index in [9.17, 15) is 13.6 Å². The lowest BCUT2D eigenvalue weighted by Gasteiger charge is -2.34. The van der Waals surface area contributed by atoms with Gasteiger partial charge in [-0.25, -0.2) is 8.78 Å². The number of benzene rings is 2. The van der Waals surface area contributed by atoms with Crippen molar-refractivity contribution in [1.29, 1.82) is 0 Å². The molecule has 3 aromatic rings. The van der Waals surface area contributed by atoms with Crippen molar-refractivity contribution in [1.82, 2.24) is 9.80 Å². The maximum atomic E-state index is 13.9. The van der Waals surface area contributed by atoms with Gasteiger partial charge in [0.1, 0.15) is 12.4 Å². The number of ether oxygens (including phenoxy) is 1. The van der Waals surface area contributed by atoms with E-state index < -0.39 is 11.6 Å². The van der Waals surface area contributed by atoms with Crippen molar-refractivity contribution in [3.8, 4) is 5.75 Å². The summed E-state index contributed by atoms with van der Waals surface area (Å²) in [5.41, 5.74) is 3.54. The van der Waals surface area contributed by atoms with Crippen molar-refractivity contribution in [2.24, 2.45) is 0 Å². The number of hydrogen-bond acceptors (Lipinski definition) is 4. The third-order valence-corrected chi connectivity index (χ3v) is 6.65. The van der Waals surface area contributed by atoms with Gasteiger partial charge in [0.2, 0.25) is 0 Å². The van der Waals surface area contributed by atoms with Crippen LogP contribution in [0.15, 0.2) is 47.8 Å². The SMILES string of the molecule is Cc1ccc(C)c(OCc2csc(C(=O)N3CCN(Cc4cccc(F)c4F)CC3)c2)c1. The third-order valence-electron chi connectivity index (χ3n) is 5.69. The fraction of sp³-hybridized carbons (Fsp3) is 0.320.